The Morgan fingerprint density at radius 2 is 2.06 bits per heavy atom. The van der Waals surface area contributed by atoms with E-state index in [0.717, 1.165) is 17.8 Å². The molecular formula is C16H24BrN. The van der Waals surface area contributed by atoms with Gasteiger partial charge in [-0.15, -0.1) is 0 Å². The van der Waals surface area contributed by atoms with E-state index in [4.69, 9.17) is 0 Å². The zero-order chi connectivity index (χ0) is 12.8. The van der Waals surface area contributed by atoms with Gasteiger partial charge in [0, 0.05) is 18.4 Å². The van der Waals surface area contributed by atoms with Crippen molar-refractivity contribution in [3.8, 4) is 0 Å². The molecule has 1 aromatic carbocycles. The summed E-state index contributed by atoms with van der Waals surface area (Å²) in [5, 5.41) is 1.14. The largest absolute Gasteiger partial charge is 0.299 e. The van der Waals surface area contributed by atoms with Crippen molar-refractivity contribution < 1.29 is 0 Å². The second-order valence-electron chi connectivity index (χ2n) is 5.42. The topological polar surface area (TPSA) is 3.24 Å². The zero-order valence-electron chi connectivity index (χ0n) is 11.4. The second-order valence-corrected chi connectivity index (χ2v) is 6.06. The Labute approximate surface area is 120 Å². The van der Waals surface area contributed by atoms with Gasteiger partial charge in [-0.3, -0.25) is 4.90 Å². The van der Waals surface area contributed by atoms with E-state index >= 15 is 0 Å². The number of halogens is 1. The standard InChI is InChI=1S/C16H24BrN/c1-2-6-14(11-17)12-18-10-5-9-15-7-3-4-8-16(15)13-18/h3-4,7-8,14H,2,5-6,9-13H2,1H3. The Balaban J connectivity index is 1.99. The first-order valence-corrected chi connectivity index (χ1v) is 8.30. The van der Waals surface area contributed by atoms with Gasteiger partial charge in [0.2, 0.25) is 0 Å². The lowest BCUT2D eigenvalue weighted by atomic mass is 10.0. The molecule has 1 aliphatic heterocycles. The summed E-state index contributed by atoms with van der Waals surface area (Å²) in [7, 11) is 0. The first kappa shape index (κ1) is 14.1. The monoisotopic (exact) mass is 309 g/mol. The van der Waals surface area contributed by atoms with E-state index < -0.39 is 0 Å². The van der Waals surface area contributed by atoms with Crippen LogP contribution in [0.4, 0.5) is 0 Å². The molecule has 1 heterocycles. The van der Waals surface area contributed by atoms with Crippen molar-refractivity contribution in [2.45, 2.75) is 39.2 Å². The molecule has 1 aromatic rings. The number of benzene rings is 1. The minimum absolute atomic E-state index is 0.806. The summed E-state index contributed by atoms with van der Waals surface area (Å²) in [6.07, 6.45) is 5.18. The van der Waals surface area contributed by atoms with Gasteiger partial charge in [0.05, 0.1) is 0 Å². The van der Waals surface area contributed by atoms with Crippen LogP contribution in [0.2, 0.25) is 0 Å². The van der Waals surface area contributed by atoms with Crippen LogP contribution in [-0.4, -0.2) is 23.3 Å². The third kappa shape index (κ3) is 3.83. The summed E-state index contributed by atoms with van der Waals surface area (Å²) >= 11 is 3.67. The number of fused-ring (bicyclic) bond motifs is 1. The fourth-order valence-electron chi connectivity index (χ4n) is 2.92. The fraction of sp³-hybridized carbons (Fsp3) is 0.625. The molecule has 0 spiro atoms. The maximum atomic E-state index is 3.67. The maximum absolute atomic E-state index is 3.67. The molecule has 0 bridgehead atoms. The van der Waals surface area contributed by atoms with Gasteiger partial charge >= 0.3 is 0 Å². The van der Waals surface area contributed by atoms with Gasteiger partial charge in [-0.2, -0.15) is 0 Å². The van der Waals surface area contributed by atoms with Gasteiger partial charge in [-0.05, 0) is 42.9 Å². The third-order valence-corrected chi connectivity index (χ3v) is 4.78. The summed E-state index contributed by atoms with van der Waals surface area (Å²) in [4.78, 5) is 2.65. The molecular weight excluding hydrogens is 286 g/mol. The molecule has 100 valence electrons. The van der Waals surface area contributed by atoms with Gasteiger partial charge in [0.1, 0.15) is 0 Å². The predicted octanol–water partition coefficient (Wildman–Crippen LogP) is 4.25. The van der Waals surface area contributed by atoms with Crippen LogP contribution < -0.4 is 0 Å². The number of aryl methyl sites for hydroxylation is 1. The highest BCUT2D eigenvalue weighted by Crippen LogP contribution is 2.20. The van der Waals surface area contributed by atoms with Gasteiger partial charge in [0.25, 0.3) is 0 Å². The average molecular weight is 310 g/mol. The van der Waals surface area contributed by atoms with Crippen molar-refractivity contribution in [1.82, 2.24) is 4.90 Å². The average Bonchev–Trinajstić information content (AvgIpc) is 2.59. The number of rotatable bonds is 5. The third-order valence-electron chi connectivity index (χ3n) is 3.86. The normalized spacial score (nSPS) is 18.1. The Morgan fingerprint density at radius 3 is 2.78 bits per heavy atom. The molecule has 0 amide bonds. The molecule has 18 heavy (non-hydrogen) atoms. The Hall–Kier alpha value is -0.340. The van der Waals surface area contributed by atoms with Crippen molar-refractivity contribution >= 4 is 15.9 Å². The van der Waals surface area contributed by atoms with E-state index in [-0.39, 0.29) is 0 Å². The number of hydrogen-bond acceptors (Lipinski definition) is 1. The number of nitrogens with zero attached hydrogens (tertiary/aromatic N) is 1. The molecule has 0 fully saturated rings. The Kier molecular flexibility index (Phi) is 5.71. The van der Waals surface area contributed by atoms with Crippen LogP contribution in [0.3, 0.4) is 0 Å². The van der Waals surface area contributed by atoms with Crippen LogP contribution in [0.5, 0.6) is 0 Å². The molecule has 0 N–H and O–H groups in total. The van der Waals surface area contributed by atoms with E-state index in [1.807, 2.05) is 0 Å². The molecule has 1 aliphatic rings. The highest BCUT2D eigenvalue weighted by Gasteiger charge is 2.17. The van der Waals surface area contributed by atoms with Crippen molar-refractivity contribution in [2.75, 3.05) is 18.4 Å². The number of alkyl halides is 1. The molecule has 0 aliphatic carbocycles. The summed E-state index contributed by atoms with van der Waals surface area (Å²) < 4.78 is 0. The molecule has 2 heteroatoms. The lowest BCUT2D eigenvalue weighted by Crippen LogP contribution is -2.30. The lowest BCUT2D eigenvalue weighted by molar-refractivity contribution is 0.229. The summed E-state index contributed by atoms with van der Waals surface area (Å²) in [6.45, 7) is 5.92. The minimum atomic E-state index is 0.806. The van der Waals surface area contributed by atoms with Crippen LogP contribution in [0.15, 0.2) is 24.3 Å². The van der Waals surface area contributed by atoms with Gasteiger partial charge in [-0.25, -0.2) is 0 Å². The van der Waals surface area contributed by atoms with Crippen molar-refractivity contribution in [3.63, 3.8) is 0 Å². The summed E-state index contributed by atoms with van der Waals surface area (Å²) in [5.74, 6) is 0.806. The predicted molar refractivity (Wildman–Crippen MR) is 82.2 cm³/mol. The van der Waals surface area contributed by atoms with Gasteiger partial charge in [-0.1, -0.05) is 53.5 Å². The fourth-order valence-corrected chi connectivity index (χ4v) is 3.44. The molecule has 0 aromatic heterocycles. The maximum Gasteiger partial charge on any atom is 0.0236 e. The van der Waals surface area contributed by atoms with E-state index in [1.165, 1.54) is 38.8 Å². The highest BCUT2D eigenvalue weighted by atomic mass is 79.9. The van der Waals surface area contributed by atoms with E-state index in [1.54, 1.807) is 11.1 Å². The van der Waals surface area contributed by atoms with Crippen LogP contribution in [-0.2, 0) is 13.0 Å². The first-order chi connectivity index (χ1) is 8.83. The lowest BCUT2D eigenvalue weighted by Gasteiger charge is -2.25. The Bertz CT molecular complexity index is 364. The van der Waals surface area contributed by atoms with Crippen molar-refractivity contribution in [2.24, 2.45) is 5.92 Å². The smallest absolute Gasteiger partial charge is 0.0236 e. The quantitative estimate of drug-likeness (QED) is 0.735. The van der Waals surface area contributed by atoms with E-state index in [9.17, 15) is 0 Å². The number of hydrogen-bond donors (Lipinski definition) is 0. The Morgan fingerprint density at radius 1 is 1.28 bits per heavy atom. The molecule has 1 unspecified atom stereocenters. The van der Waals surface area contributed by atoms with E-state index in [2.05, 4.69) is 52.0 Å². The van der Waals surface area contributed by atoms with Crippen LogP contribution in [0.25, 0.3) is 0 Å². The minimum Gasteiger partial charge on any atom is -0.299 e. The van der Waals surface area contributed by atoms with Crippen LogP contribution in [0.1, 0.15) is 37.3 Å². The molecule has 1 atom stereocenters. The van der Waals surface area contributed by atoms with E-state index in [0.29, 0.717) is 0 Å². The molecule has 0 saturated heterocycles. The molecule has 1 nitrogen and oxygen atoms in total. The van der Waals surface area contributed by atoms with Gasteiger partial charge in [0.15, 0.2) is 0 Å². The second kappa shape index (κ2) is 7.30. The van der Waals surface area contributed by atoms with Crippen molar-refractivity contribution in [1.29, 1.82) is 0 Å². The first-order valence-electron chi connectivity index (χ1n) is 7.18. The SMILES string of the molecule is CCCC(CBr)CN1CCCc2ccccc2C1. The molecule has 0 saturated carbocycles. The summed E-state index contributed by atoms with van der Waals surface area (Å²) in [6, 6.07) is 8.95. The zero-order valence-corrected chi connectivity index (χ0v) is 13.0. The molecule has 2 rings (SSSR count). The highest BCUT2D eigenvalue weighted by molar-refractivity contribution is 9.09. The van der Waals surface area contributed by atoms with Crippen LogP contribution >= 0.6 is 15.9 Å². The van der Waals surface area contributed by atoms with Crippen molar-refractivity contribution in [3.05, 3.63) is 35.4 Å². The van der Waals surface area contributed by atoms with Gasteiger partial charge < -0.3 is 0 Å². The summed E-state index contributed by atoms with van der Waals surface area (Å²) in [5.41, 5.74) is 3.10. The molecule has 0 radical (unpaired) electrons. The van der Waals surface area contributed by atoms with Crippen LogP contribution in [0, 0.1) is 5.92 Å².